The number of para-hydroxylation sites is 2. The molecule has 6 aromatic carbocycles. The minimum Gasteiger partial charge on any atom is -0.278 e. The van der Waals surface area contributed by atoms with Crippen LogP contribution in [0.1, 0.15) is 6.42 Å². The van der Waals surface area contributed by atoms with Crippen molar-refractivity contribution in [1.82, 2.24) is 24.5 Å². The Morgan fingerprint density at radius 1 is 0.589 bits per heavy atom. The first kappa shape index (κ1) is 30.3. The van der Waals surface area contributed by atoms with Crippen LogP contribution in [0.25, 0.3) is 116 Å². The van der Waals surface area contributed by atoms with E-state index in [4.69, 9.17) is 19.9 Å². The molecule has 0 amide bonds. The minimum atomic E-state index is 0.306. The summed E-state index contributed by atoms with van der Waals surface area (Å²) in [5.41, 5.74) is 13.6. The highest BCUT2D eigenvalue weighted by Crippen LogP contribution is 2.48. The van der Waals surface area contributed by atoms with Gasteiger partial charge in [0.1, 0.15) is 0 Å². The largest absolute Gasteiger partial charge is 0.278 e. The lowest BCUT2D eigenvalue weighted by atomic mass is 9.86. The Morgan fingerprint density at radius 3 is 2.23 bits per heavy atom. The maximum atomic E-state index is 5.61. The molecule has 13 rings (SSSR count). The van der Waals surface area contributed by atoms with Crippen LogP contribution in [-0.4, -0.2) is 24.5 Å². The number of benzene rings is 6. The fourth-order valence-corrected chi connectivity index (χ4v) is 10.5. The van der Waals surface area contributed by atoms with Gasteiger partial charge in [-0.1, -0.05) is 127 Å². The minimum absolute atomic E-state index is 0.306. The van der Waals surface area contributed by atoms with E-state index in [-0.39, 0.29) is 0 Å². The highest BCUT2D eigenvalue weighted by atomic mass is 32.1. The molecule has 5 nitrogen and oxygen atoms in total. The molecule has 1 atom stereocenters. The number of fused-ring (bicyclic) bond motifs is 12. The van der Waals surface area contributed by atoms with Crippen molar-refractivity contribution in [2.24, 2.45) is 5.92 Å². The van der Waals surface area contributed by atoms with Crippen molar-refractivity contribution in [3.63, 3.8) is 0 Å². The van der Waals surface area contributed by atoms with E-state index in [1.807, 2.05) is 12.1 Å². The second-order valence-corrected chi connectivity index (χ2v) is 15.9. The first-order valence-electron chi connectivity index (χ1n) is 19.1. The summed E-state index contributed by atoms with van der Waals surface area (Å²) in [5.74, 6) is 0.976. The Labute approximate surface area is 324 Å². The predicted molar refractivity (Wildman–Crippen MR) is 231 cm³/mol. The van der Waals surface area contributed by atoms with E-state index in [9.17, 15) is 0 Å². The Kier molecular flexibility index (Phi) is 6.10. The van der Waals surface area contributed by atoms with Crippen LogP contribution in [0, 0.1) is 5.92 Å². The number of allylic oxidation sites excluding steroid dienone is 4. The normalized spacial score (nSPS) is 15.2. The summed E-state index contributed by atoms with van der Waals surface area (Å²) in [4.78, 5) is 21.6. The lowest BCUT2D eigenvalue weighted by Crippen LogP contribution is -2.35. The zero-order valence-electron chi connectivity index (χ0n) is 29.9. The first-order chi connectivity index (χ1) is 27.8. The number of thiophene rings is 1. The van der Waals surface area contributed by atoms with E-state index in [1.54, 1.807) is 11.3 Å². The lowest BCUT2D eigenvalue weighted by Gasteiger charge is -2.18. The summed E-state index contributed by atoms with van der Waals surface area (Å²) in [6, 6.07) is 45.2. The van der Waals surface area contributed by atoms with Crippen LogP contribution in [0.15, 0.2) is 152 Å². The van der Waals surface area contributed by atoms with Gasteiger partial charge in [-0.3, -0.25) is 4.57 Å². The summed E-state index contributed by atoms with van der Waals surface area (Å²) in [5, 5.41) is 7.18. The summed E-state index contributed by atoms with van der Waals surface area (Å²) in [7, 11) is 0. The average Bonchev–Trinajstić information content (AvgIpc) is 3.91. The number of aromatic nitrogens is 5. The van der Waals surface area contributed by atoms with Crippen LogP contribution >= 0.6 is 11.3 Å². The number of hydrogen-bond acceptors (Lipinski definition) is 5. The molecule has 0 N–H and O–H groups in total. The van der Waals surface area contributed by atoms with Crippen molar-refractivity contribution in [2.75, 3.05) is 0 Å². The summed E-state index contributed by atoms with van der Waals surface area (Å²) < 4.78 is 4.63. The Morgan fingerprint density at radius 2 is 1.34 bits per heavy atom. The third-order valence-electron chi connectivity index (χ3n) is 11.8. The van der Waals surface area contributed by atoms with E-state index >= 15 is 0 Å². The maximum Gasteiger partial charge on any atom is 0.235 e. The SMILES string of the molecule is C1=CC2=c3c(n(-c4nc(-c5cccc(-c6ccccc6)c5)c5sc6ccccc6c5n4)c4cc5c6c(cccc6c34)-c3nc4ccccc4nc3-5)=CCC2C=C1. The van der Waals surface area contributed by atoms with Gasteiger partial charge in [0.25, 0.3) is 0 Å². The molecule has 4 heterocycles. The van der Waals surface area contributed by atoms with Crippen molar-refractivity contribution in [1.29, 1.82) is 0 Å². The molecule has 56 heavy (non-hydrogen) atoms. The van der Waals surface area contributed by atoms with Gasteiger partial charge in [-0.25, -0.2) is 19.9 Å². The zero-order valence-corrected chi connectivity index (χ0v) is 30.8. The molecule has 0 radical (unpaired) electrons. The van der Waals surface area contributed by atoms with Crippen LogP contribution in [0.4, 0.5) is 0 Å². The smallest absolute Gasteiger partial charge is 0.235 e. The van der Waals surface area contributed by atoms with Crippen LogP contribution in [0.3, 0.4) is 0 Å². The van der Waals surface area contributed by atoms with Gasteiger partial charge in [0, 0.05) is 48.7 Å². The average molecular weight is 732 g/mol. The van der Waals surface area contributed by atoms with Crippen molar-refractivity contribution >= 4 is 76.0 Å². The molecular formula is C50H29N5S. The van der Waals surface area contributed by atoms with E-state index < -0.39 is 0 Å². The standard InChI is InChI=1S/C50H29N5S/c1-2-12-28(13-3-1)30-15-10-16-31(26-30)45-49-48(33-18-6-9-23-41(33)56-49)54-50(53-45)55-39-25-24-29-14-4-5-17-32(29)43(39)44-34-19-11-20-35-42(34)36(27-40(44)55)47-46(35)51-37-21-7-8-22-38(37)52-47/h1-23,25-27,29H,24H2. The molecule has 260 valence electrons. The number of hydrogen-bond donors (Lipinski definition) is 0. The van der Waals surface area contributed by atoms with Crippen molar-refractivity contribution in [2.45, 2.75) is 6.42 Å². The molecule has 1 unspecified atom stereocenters. The first-order valence-corrected chi connectivity index (χ1v) is 19.9. The van der Waals surface area contributed by atoms with Crippen molar-refractivity contribution < 1.29 is 0 Å². The number of nitrogens with zero attached hydrogens (tertiary/aromatic N) is 5. The molecule has 3 aliphatic carbocycles. The van der Waals surface area contributed by atoms with Crippen molar-refractivity contribution in [3.05, 3.63) is 162 Å². The highest BCUT2D eigenvalue weighted by molar-refractivity contribution is 7.26. The molecule has 0 saturated heterocycles. The van der Waals surface area contributed by atoms with Gasteiger partial charge in [-0.2, -0.15) is 0 Å². The zero-order chi connectivity index (χ0) is 36.5. The van der Waals surface area contributed by atoms with Gasteiger partial charge in [-0.15, -0.1) is 11.3 Å². The Bertz CT molecular complexity index is 3570. The highest BCUT2D eigenvalue weighted by Gasteiger charge is 2.30. The Balaban J connectivity index is 1.18. The third-order valence-corrected chi connectivity index (χ3v) is 13.0. The molecule has 4 aromatic heterocycles. The molecule has 0 spiro atoms. The molecule has 0 aliphatic heterocycles. The topological polar surface area (TPSA) is 56.5 Å². The van der Waals surface area contributed by atoms with Crippen LogP contribution in [0.2, 0.25) is 0 Å². The summed E-state index contributed by atoms with van der Waals surface area (Å²) in [6.07, 6.45) is 12.3. The van der Waals surface area contributed by atoms with E-state index in [1.165, 1.54) is 37.2 Å². The van der Waals surface area contributed by atoms with Gasteiger partial charge in [0.05, 0.1) is 49.2 Å². The van der Waals surface area contributed by atoms with Crippen LogP contribution in [0.5, 0.6) is 0 Å². The number of rotatable bonds is 3. The molecule has 3 aliphatic rings. The van der Waals surface area contributed by atoms with Crippen LogP contribution < -0.4 is 10.6 Å². The fourth-order valence-electron chi connectivity index (χ4n) is 9.39. The van der Waals surface area contributed by atoms with E-state index in [0.29, 0.717) is 11.9 Å². The van der Waals surface area contributed by atoms with Crippen molar-refractivity contribution in [3.8, 4) is 50.8 Å². The second-order valence-electron chi connectivity index (χ2n) is 14.9. The maximum absolute atomic E-state index is 5.61. The monoisotopic (exact) mass is 731 g/mol. The molecule has 0 fully saturated rings. The van der Waals surface area contributed by atoms with Crippen LogP contribution in [-0.2, 0) is 0 Å². The van der Waals surface area contributed by atoms with E-state index in [0.717, 1.165) is 83.3 Å². The summed E-state index contributed by atoms with van der Waals surface area (Å²) >= 11 is 1.77. The van der Waals surface area contributed by atoms with Gasteiger partial charge in [-0.05, 0) is 58.8 Å². The molecule has 10 aromatic rings. The molecule has 6 heteroatoms. The fraction of sp³-hybridized carbons (Fsp3) is 0.0400. The molecule has 0 saturated carbocycles. The predicted octanol–water partition coefficient (Wildman–Crippen LogP) is 10.9. The summed E-state index contributed by atoms with van der Waals surface area (Å²) in [6.45, 7) is 0. The molecule has 0 bridgehead atoms. The van der Waals surface area contributed by atoms with Gasteiger partial charge in [0.15, 0.2) is 0 Å². The Hall–Kier alpha value is -7.02. The van der Waals surface area contributed by atoms with E-state index in [2.05, 4.69) is 150 Å². The van der Waals surface area contributed by atoms with Gasteiger partial charge < -0.3 is 0 Å². The lowest BCUT2D eigenvalue weighted by molar-refractivity contribution is 0.846. The second kappa shape index (κ2) is 11.3. The molecular weight excluding hydrogens is 703 g/mol. The quantitative estimate of drug-likeness (QED) is 0.182. The van der Waals surface area contributed by atoms with Gasteiger partial charge >= 0.3 is 0 Å². The third kappa shape index (κ3) is 4.14. The van der Waals surface area contributed by atoms with Gasteiger partial charge in [0.2, 0.25) is 5.95 Å².